The van der Waals surface area contributed by atoms with Gasteiger partial charge < -0.3 is 10.8 Å². The minimum absolute atomic E-state index is 0.126. The van der Waals surface area contributed by atoms with Crippen molar-refractivity contribution in [3.05, 3.63) is 34.9 Å². The summed E-state index contributed by atoms with van der Waals surface area (Å²) in [5, 5.41) is 11.0. The van der Waals surface area contributed by atoms with Gasteiger partial charge in [-0.1, -0.05) is 55.5 Å². The third-order valence-corrected chi connectivity index (χ3v) is 5.11. The van der Waals surface area contributed by atoms with Gasteiger partial charge in [-0.15, -0.1) is 0 Å². The van der Waals surface area contributed by atoms with Gasteiger partial charge in [0.15, 0.2) is 0 Å². The summed E-state index contributed by atoms with van der Waals surface area (Å²) in [6.45, 7) is 7.01. The van der Waals surface area contributed by atoms with Crippen molar-refractivity contribution in [2.45, 2.75) is 59.0 Å². The highest BCUT2D eigenvalue weighted by molar-refractivity contribution is 5.31. The molecule has 0 aliphatic heterocycles. The van der Waals surface area contributed by atoms with E-state index in [9.17, 15) is 5.11 Å². The summed E-state index contributed by atoms with van der Waals surface area (Å²) in [5.74, 6) is 0.716. The van der Waals surface area contributed by atoms with E-state index in [1.807, 2.05) is 0 Å². The van der Waals surface area contributed by atoms with Crippen molar-refractivity contribution < 1.29 is 5.11 Å². The lowest BCUT2D eigenvalue weighted by Crippen LogP contribution is -2.41. The van der Waals surface area contributed by atoms with E-state index in [0.29, 0.717) is 12.5 Å². The Morgan fingerprint density at radius 1 is 1.30 bits per heavy atom. The van der Waals surface area contributed by atoms with Gasteiger partial charge in [0.2, 0.25) is 0 Å². The summed E-state index contributed by atoms with van der Waals surface area (Å²) in [5.41, 5.74) is 9.46. The van der Waals surface area contributed by atoms with Crippen molar-refractivity contribution in [3.8, 4) is 0 Å². The molecule has 1 aromatic carbocycles. The molecular weight excluding hydrogens is 246 g/mol. The Kier molecular flexibility index (Phi) is 4.87. The lowest BCUT2D eigenvalue weighted by molar-refractivity contribution is -0.0162. The lowest BCUT2D eigenvalue weighted by atomic mass is 9.64. The highest BCUT2D eigenvalue weighted by atomic mass is 16.3. The van der Waals surface area contributed by atoms with Gasteiger partial charge in [0.05, 0.1) is 6.10 Å². The van der Waals surface area contributed by atoms with Gasteiger partial charge in [-0.25, -0.2) is 0 Å². The first-order valence-corrected chi connectivity index (χ1v) is 7.97. The Bertz CT molecular complexity index is 436. The van der Waals surface area contributed by atoms with Crippen LogP contribution in [0.15, 0.2) is 18.2 Å². The van der Waals surface area contributed by atoms with Gasteiger partial charge in [0, 0.05) is 12.0 Å². The van der Waals surface area contributed by atoms with Crippen LogP contribution in [0.4, 0.5) is 0 Å². The monoisotopic (exact) mass is 275 g/mol. The largest absolute Gasteiger partial charge is 0.388 e. The molecule has 1 saturated carbocycles. The van der Waals surface area contributed by atoms with E-state index < -0.39 is 6.10 Å². The van der Waals surface area contributed by atoms with Crippen LogP contribution in [0.1, 0.15) is 61.8 Å². The molecule has 2 nitrogen and oxygen atoms in total. The van der Waals surface area contributed by atoms with Crippen molar-refractivity contribution in [2.75, 3.05) is 6.54 Å². The summed E-state index contributed by atoms with van der Waals surface area (Å²) in [6, 6.07) is 6.39. The fraction of sp³-hybridized carbons (Fsp3) is 0.667. The van der Waals surface area contributed by atoms with Crippen molar-refractivity contribution >= 4 is 0 Å². The average Bonchev–Trinajstić information content (AvgIpc) is 2.45. The molecule has 2 rings (SSSR count). The molecule has 3 N–H and O–H groups in total. The van der Waals surface area contributed by atoms with Crippen LogP contribution < -0.4 is 5.73 Å². The molecule has 2 heteroatoms. The number of hydrogen-bond acceptors (Lipinski definition) is 2. The molecule has 20 heavy (non-hydrogen) atoms. The summed E-state index contributed by atoms with van der Waals surface area (Å²) in [6.07, 6.45) is 5.36. The highest BCUT2D eigenvalue weighted by Crippen LogP contribution is 2.48. The standard InChI is InChI=1S/C18H29NO/c1-4-15-6-5-7-18(11-15,12-19)17(20)16-9-13(2)8-14(3)10-16/h8-10,15,17,20H,4-7,11-12,19H2,1-3H3. The number of aliphatic hydroxyl groups is 1. The molecule has 1 aliphatic rings. The molecule has 1 aromatic rings. The number of aryl methyl sites for hydroxylation is 2. The number of nitrogens with two attached hydrogens (primary N) is 1. The Balaban J connectivity index is 2.30. The molecule has 1 fully saturated rings. The van der Waals surface area contributed by atoms with Crippen LogP contribution in [-0.2, 0) is 0 Å². The van der Waals surface area contributed by atoms with Gasteiger partial charge >= 0.3 is 0 Å². The maximum atomic E-state index is 11.0. The highest BCUT2D eigenvalue weighted by Gasteiger charge is 2.41. The number of hydrogen-bond donors (Lipinski definition) is 2. The van der Waals surface area contributed by atoms with Crippen LogP contribution in [0.3, 0.4) is 0 Å². The third-order valence-electron chi connectivity index (χ3n) is 5.11. The Morgan fingerprint density at radius 2 is 1.95 bits per heavy atom. The van der Waals surface area contributed by atoms with Crippen LogP contribution in [0.5, 0.6) is 0 Å². The maximum absolute atomic E-state index is 11.0. The molecular formula is C18H29NO. The molecule has 0 amide bonds. The van der Waals surface area contributed by atoms with Gasteiger partial charge in [-0.3, -0.25) is 0 Å². The first kappa shape index (κ1) is 15.5. The molecule has 0 aromatic heterocycles. The van der Waals surface area contributed by atoms with Gasteiger partial charge in [-0.2, -0.15) is 0 Å². The van der Waals surface area contributed by atoms with E-state index >= 15 is 0 Å². The van der Waals surface area contributed by atoms with Crippen LogP contribution in [0, 0.1) is 25.2 Å². The number of rotatable bonds is 4. The van der Waals surface area contributed by atoms with Crippen molar-refractivity contribution in [1.29, 1.82) is 0 Å². The second kappa shape index (κ2) is 6.28. The maximum Gasteiger partial charge on any atom is 0.0858 e. The Hall–Kier alpha value is -0.860. The minimum atomic E-state index is -0.430. The molecule has 3 unspecified atom stereocenters. The molecule has 0 saturated heterocycles. The molecule has 3 atom stereocenters. The summed E-state index contributed by atoms with van der Waals surface area (Å²) in [4.78, 5) is 0. The van der Waals surface area contributed by atoms with E-state index in [1.54, 1.807) is 0 Å². The third kappa shape index (κ3) is 3.07. The van der Waals surface area contributed by atoms with Crippen LogP contribution in [0.25, 0.3) is 0 Å². The normalized spacial score (nSPS) is 28.4. The van der Waals surface area contributed by atoms with E-state index in [4.69, 9.17) is 5.73 Å². The zero-order valence-electron chi connectivity index (χ0n) is 13.2. The SMILES string of the molecule is CCC1CCCC(CN)(C(O)c2cc(C)cc(C)c2)C1. The summed E-state index contributed by atoms with van der Waals surface area (Å²) >= 11 is 0. The van der Waals surface area contributed by atoms with E-state index in [2.05, 4.69) is 39.0 Å². The zero-order chi connectivity index (χ0) is 14.8. The van der Waals surface area contributed by atoms with Gasteiger partial charge in [0.25, 0.3) is 0 Å². The predicted molar refractivity (Wildman–Crippen MR) is 84.6 cm³/mol. The molecule has 0 heterocycles. The fourth-order valence-corrected chi connectivity index (χ4v) is 3.94. The van der Waals surface area contributed by atoms with E-state index in [1.165, 1.54) is 30.4 Å². The molecule has 0 radical (unpaired) electrons. The number of aliphatic hydroxyl groups excluding tert-OH is 1. The lowest BCUT2D eigenvalue weighted by Gasteiger charge is -2.43. The van der Waals surface area contributed by atoms with Crippen molar-refractivity contribution in [2.24, 2.45) is 17.1 Å². The minimum Gasteiger partial charge on any atom is -0.388 e. The zero-order valence-corrected chi connectivity index (χ0v) is 13.2. The van der Waals surface area contributed by atoms with Crippen LogP contribution >= 0.6 is 0 Å². The average molecular weight is 275 g/mol. The van der Waals surface area contributed by atoms with Gasteiger partial charge in [-0.05, 0) is 38.2 Å². The van der Waals surface area contributed by atoms with Crippen LogP contribution in [0.2, 0.25) is 0 Å². The molecule has 112 valence electrons. The second-order valence-corrected chi connectivity index (χ2v) is 6.76. The topological polar surface area (TPSA) is 46.2 Å². The molecule has 0 spiro atoms. The Labute approximate surface area is 123 Å². The van der Waals surface area contributed by atoms with Crippen molar-refractivity contribution in [3.63, 3.8) is 0 Å². The molecule has 1 aliphatic carbocycles. The first-order chi connectivity index (χ1) is 9.50. The van der Waals surface area contributed by atoms with Crippen LogP contribution in [-0.4, -0.2) is 11.7 Å². The predicted octanol–water partition coefficient (Wildman–Crippen LogP) is 3.88. The summed E-state index contributed by atoms with van der Waals surface area (Å²) < 4.78 is 0. The fourth-order valence-electron chi connectivity index (χ4n) is 3.94. The smallest absolute Gasteiger partial charge is 0.0858 e. The number of benzene rings is 1. The molecule has 0 bridgehead atoms. The van der Waals surface area contributed by atoms with E-state index in [0.717, 1.165) is 18.4 Å². The Morgan fingerprint density at radius 3 is 2.50 bits per heavy atom. The first-order valence-electron chi connectivity index (χ1n) is 7.97. The quantitative estimate of drug-likeness (QED) is 0.876. The van der Waals surface area contributed by atoms with Gasteiger partial charge in [0.1, 0.15) is 0 Å². The van der Waals surface area contributed by atoms with Crippen molar-refractivity contribution in [1.82, 2.24) is 0 Å². The van der Waals surface area contributed by atoms with E-state index in [-0.39, 0.29) is 5.41 Å². The summed E-state index contributed by atoms with van der Waals surface area (Å²) in [7, 11) is 0. The second-order valence-electron chi connectivity index (χ2n) is 6.76.